The lowest BCUT2D eigenvalue weighted by Gasteiger charge is -2.32. The summed E-state index contributed by atoms with van der Waals surface area (Å²) in [6, 6.07) is 8.36. The van der Waals surface area contributed by atoms with Crippen molar-refractivity contribution in [1.29, 1.82) is 0 Å². The smallest absolute Gasteiger partial charge is 0.409 e. The molecule has 1 saturated heterocycles. The van der Waals surface area contributed by atoms with Crippen molar-refractivity contribution in [3.63, 3.8) is 0 Å². The number of nitrogens with one attached hydrogen (secondary N) is 1. The molecule has 1 aromatic carbocycles. The molecule has 0 spiro atoms. The number of benzene rings is 1. The molecule has 5 heteroatoms. The predicted octanol–water partition coefficient (Wildman–Crippen LogP) is 2.45. The second-order valence-corrected chi connectivity index (χ2v) is 6.26. The Labute approximate surface area is 137 Å². The Morgan fingerprint density at radius 1 is 1.22 bits per heavy atom. The molecule has 1 aliphatic carbocycles. The maximum absolute atomic E-state index is 12.6. The molecule has 1 aromatic rings. The van der Waals surface area contributed by atoms with Gasteiger partial charge in [0.2, 0.25) is 5.91 Å². The number of rotatable bonds is 3. The van der Waals surface area contributed by atoms with E-state index < -0.39 is 0 Å². The first kappa shape index (κ1) is 15.8. The van der Waals surface area contributed by atoms with Crippen molar-refractivity contribution in [2.24, 2.45) is 0 Å². The number of fused-ring (bicyclic) bond motifs is 1. The molecular formula is C18H24N2O3. The van der Waals surface area contributed by atoms with Gasteiger partial charge in [-0.2, -0.15) is 0 Å². The van der Waals surface area contributed by atoms with Crippen LogP contribution in [0.5, 0.6) is 0 Å². The van der Waals surface area contributed by atoms with Crippen LogP contribution >= 0.6 is 0 Å². The van der Waals surface area contributed by atoms with Gasteiger partial charge in [-0.25, -0.2) is 4.79 Å². The maximum atomic E-state index is 12.6. The van der Waals surface area contributed by atoms with E-state index in [1.807, 2.05) is 19.1 Å². The van der Waals surface area contributed by atoms with E-state index >= 15 is 0 Å². The molecule has 1 aliphatic heterocycles. The van der Waals surface area contributed by atoms with Crippen molar-refractivity contribution < 1.29 is 14.3 Å². The summed E-state index contributed by atoms with van der Waals surface area (Å²) < 4.78 is 5.02. The van der Waals surface area contributed by atoms with Gasteiger partial charge in [-0.1, -0.05) is 24.3 Å². The summed E-state index contributed by atoms with van der Waals surface area (Å²) in [6.07, 6.45) is 3.21. The van der Waals surface area contributed by atoms with Crippen LogP contribution in [0.25, 0.3) is 0 Å². The summed E-state index contributed by atoms with van der Waals surface area (Å²) in [7, 11) is 0. The normalized spacial score (nSPS) is 20.9. The summed E-state index contributed by atoms with van der Waals surface area (Å²) >= 11 is 0. The summed E-state index contributed by atoms with van der Waals surface area (Å²) in [4.78, 5) is 26.0. The molecule has 0 aromatic heterocycles. The third-order valence-electron chi connectivity index (χ3n) is 4.82. The number of likely N-dealkylation sites (tertiary alicyclic amines) is 1. The molecule has 5 nitrogen and oxygen atoms in total. The topological polar surface area (TPSA) is 58.6 Å². The van der Waals surface area contributed by atoms with E-state index in [0.717, 1.165) is 25.7 Å². The van der Waals surface area contributed by atoms with Gasteiger partial charge in [0.1, 0.15) is 0 Å². The van der Waals surface area contributed by atoms with Gasteiger partial charge < -0.3 is 15.0 Å². The van der Waals surface area contributed by atoms with Gasteiger partial charge in [0.25, 0.3) is 0 Å². The first-order chi connectivity index (χ1) is 11.2. The molecule has 3 rings (SSSR count). The third-order valence-corrected chi connectivity index (χ3v) is 4.82. The SMILES string of the molecule is CCOC(=O)N1CCC(NC(=O)C2CCc3ccccc32)CC1. The van der Waals surface area contributed by atoms with Gasteiger partial charge in [0.15, 0.2) is 0 Å². The van der Waals surface area contributed by atoms with Crippen molar-refractivity contribution in [3.05, 3.63) is 35.4 Å². The summed E-state index contributed by atoms with van der Waals surface area (Å²) in [5.74, 6) is 0.110. The molecule has 2 amide bonds. The van der Waals surface area contributed by atoms with Crippen LogP contribution in [-0.2, 0) is 16.0 Å². The van der Waals surface area contributed by atoms with Crippen LogP contribution in [0, 0.1) is 0 Å². The van der Waals surface area contributed by atoms with Crippen molar-refractivity contribution >= 4 is 12.0 Å². The molecular weight excluding hydrogens is 292 g/mol. The first-order valence-corrected chi connectivity index (χ1v) is 8.49. The Kier molecular flexibility index (Phi) is 4.84. The minimum absolute atomic E-state index is 0.0192. The number of piperidine rings is 1. The highest BCUT2D eigenvalue weighted by Gasteiger charge is 2.31. The fourth-order valence-electron chi connectivity index (χ4n) is 3.55. The number of amides is 2. The van der Waals surface area contributed by atoms with Crippen molar-refractivity contribution in [2.75, 3.05) is 19.7 Å². The van der Waals surface area contributed by atoms with Crippen LogP contribution in [0.3, 0.4) is 0 Å². The van der Waals surface area contributed by atoms with E-state index in [2.05, 4.69) is 17.4 Å². The Hall–Kier alpha value is -2.04. The number of ether oxygens (including phenoxy) is 1. The van der Waals surface area contributed by atoms with E-state index in [4.69, 9.17) is 4.74 Å². The second kappa shape index (κ2) is 7.02. The van der Waals surface area contributed by atoms with Crippen molar-refractivity contribution in [2.45, 2.75) is 44.6 Å². The van der Waals surface area contributed by atoms with E-state index in [1.54, 1.807) is 4.90 Å². The lowest BCUT2D eigenvalue weighted by Crippen LogP contribution is -2.47. The highest BCUT2D eigenvalue weighted by atomic mass is 16.6. The molecule has 0 saturated carbocycles. The van der Waals surface area contributed by atoms with E-state index in [0.29, 0.717) is 19.7 Å². The van der Waals surface area contributed by atoms with E-state index in [-0.39, 0.29) is 24.0 Å². The first-order valence-electron chi connectivity index (χ1n) is 8.49. The summed E-state index contributed by atoms with van der Waals surface area (Å²) in [5, 5.41) is 3.18. The molecule has 1 N–H and O–H groups in total. The van der Waals surface area contributed by atoms with Gasteiger partial charge in [0.05, 0.1) is 12.5 Å². The number of carbonyl (C=O) groups is 2. The van der Waals surface area contributed by atoms with Gasteiger partial charge in [-0.15, -0.1) is 0 Å². The Morgan fingerprint density at radius 2 is 1.96 bits per heavy atom. The fraction of sp³-hybridized carbons (Fsp3) is 0.556. The van der Waals surface area contributed by atoms with Crippen LogP contribution < -0.4 is 5.32 Å². The average Bonchev–Trinajstić information content (AvgIpc) is 3.00. The number of hydrogen-bond donors (Lipinski definition) is 1. The van der Waals surface area contributed by atoms with Crippen LogP contribution in [0.15, 0.2) is 24.3 Å². The van der Waals surface area contributed by atoms with Gasteiger partial charge in [0, 0.05) is 19.1 Å². The van der Waals surface area contributed by atoms with E-state index in [9.17, 15) is 9.59 Å². The number of nitrogens with zero attached hydrogens (tertiary/aromatic N) is 1. The Morgan fingerprint density at radius 3 is 2.70 bits per heavy atom. The molecule has 23 heavy (non-hydrogen) atoms. The number of aryl methyl sites for hydroxylation is 1. The minimum Gasteiger partial charge on any atom is -0.450 e. The summed E-state index contributed by atoms with van der Waals surface area (Å²) in [5.41, 5.74) is 2.47. The molecule has 1 atom stereocenters. The zero-order valence-electron chi connectivity index (χ0n) is 13.6. The Bertz CT molecular complexity index is 579. The van der Waals surface area contributed by atoms with Crippen molar-refractivity contribution in [3.8, 4) is 0 Å². The third kappa shape index (κ3) is 3.49. The number of hydrogen-bond acceptors (Lipinski definition) is 3. The molecule has 0 bridgehead atoms. The monoisotopic (exact) mass is 316 g/mol. The quantitative estimate of drug-likeness (QED) is 0.932. The fourth-order valence-corrected chi connectivity index (χ4v) is 3.55. The zero-order chi connectivity index (χ0) is 16.2. The van der Waals surface area contributed by atoms with Gasteiger partial charge >= 0.3 is 6.09 Å². The maximum Gasteiger partial charge on any atom is 0.409 e. The lowest BCUT2D eigenvalue weighted by atomic mass is 9.98. The Balaban J connectivity index is 1.52. The van der Waals surface area contributed by atoms with Crippen LogP contribution in [0.1, 0.15) is 43.2 Å². The standard InChI is InChI=1S/C18H24N2O3/c1-2-23-18(22)20-11-9-14(10-12-20)19-17(21)16-8-7-13-5-3-4-6-15(13)16/h3-6,14,16H,2,7-12H2,1H3,(H,19,21). The minimum atomic E-state index is -0.248. The lowest BCUT2D eigenvalue weighted by molar-refractivity contribution is -0.123. The predicted molar refractivity (Wildman–Crippen MR) is 87.3 cm³/mol. The molecule has 1 heterocycles. The van der Waals surface area contributed by atoms with Crippen LogP contribution in [0.4, 0.5) is 4.79 Å². The highest BCUT2D eigenvalue weighted by molar-refractivity contribution is 5.85. The van der Waals surface area contributed by atoms with E-state index in [1.165, 1.54) is 11.1 Å². The molecule has 1 unspecified atom stereocenters. The van der Waals surface area contributed by atoms with Gasteiger partial charge in [-0.3, -0.25) is 4.79 Å². The van der Waals surface area contributed by atoms with Crippen molar-refractivity contribution in [1.82, 2.24) is 10.2 Å². The van der Waals surface area contributed by atoms with Crippen LogP contribution in [0.2, 0.25) is 0 Å². The summed E-state index contributed by atoms with van der Waals surface area (Å²) in [6.45, 7) is 3.50. The zero-order valence-corrected chi connectivity index (χ0v) is 13.6. The molecule has 0 radical (unpaired) electrons. The number of carbonyl (C=O) groups excluding carboxylic acids is 2. The molecule has 124 valence electrons. The second-order valence-electron chi connectivity index (χ2n) is 6.26. The largest absolute Gasteiger partial charge is 0.450 e. The molecule has 2 aliphatic rings. The highest BCUT2D eigenvalue weighted by Crippen LogP contribution is 2.33. The van der Waals surface area contributed by atoms with Crippen LogP contribution in [-0.4, -0.2) is 42.6 Å². The van der Waals surface area contributed by atoms with Gasteiger partial charge in [-0.05, 0) is 43.7 Å². The average molecular weight is 316 g/mol. The molecule has 1 fully saturated rings.